The molecule has 2 aromatic rings. The summed E-state index contributed by atoms with van der Waals surface area (Å²) in [6.45, 7) is 5.85. The van der Waals surface area contributed by atoms with Crippen molar-refractivity contribution in [2.75, 3.05) is 46.1 Å². The van der Waals surface area contributed by atoms with Gasteiger partial charge in [-0.25, -0.2) is 9.57 Å². The van der Waals surface area contributed by atoms with E-state index in [2.05, 4.69) is 10.7 Å². The molecular formula is C27H38N5O7P. The van der Waals surface area contributed by atoms with Crippen molar-refractivity contribution in [2.24, 2.45) is 5.73 Å². The number of hydrogen-bond donors (Lipinski definition) is 4. The molecule has 0 radical (unpaired) electrons. The van der Waals surface area contributed by atoms with Crippen molar-refractivity contribution >= 4 is 25.5 Å². The summed E-state index contributed by atoms with van der Waals surface area (Å²) in [6, 6.07) is 11.5. The fraction of sp³-hybridized carbons (Fsp3) is 0.444. The lowest BCUT2D eigenvalue weighted by Crippen LogP contribution is -2.40. The van der Waals surface area contributed by atoms with Gasteiger partial charge in [0.05, 0.1) is 26.4 Å². The van der Waals surface area contributed by atoms with E-state index in [1.54, 1.807) is 56.3 Å². The number of carbonyl (C=O) groups excluding carboxylic acids is 2. The number of carbonyl (C=O) groups is 2. The summed E-state index contributed by atoms with van der Waals surface area (Å²) in [5, 5.41) is 12.4. The molecule has 1 aliphatic rings. The molecule has 2 aromatic carbocycles. The lowest BCUT2D eigenvalue weighted by Gasteiger charge is -2.17. The first-order valence-electron chi connectivity index (χ1n) is 13.3. The maximum absolute atomic E-state index is 12.6. The van der Waals surface area contributed by atoms with Crippen LogP contribution in [0.3, 0.4) is 0 Å². The van der Waals surface area contributed by atoms with Crippen LogP contribution in [-0.4, -0.2) is 68.7 Å². The minimum Gasteiger partial charge on any atom is -0.491 e. The maximum atomic E-state index is 12.6. The number of nitrogens with one attached hydrogen (secondary N) is 3. The average Bonchev–Trinajstić information content (AvgIpc) is 3.45. The molecule has 0 aliphatic carbocycles. The Bertz CT molecular complexity index is 1190. The maximum Gasteiger partial charge on any atom is 0.474 e. The van der Waals surface area contributed by atoms with Crippen LogP contribution in [0.5, 0.6) is 5.75 Å². The fourth-order valence-corrected chi connectivity index (χ4v) is 5.17. The molecule has 1 heterocycles. The molecule has 13 heteroatoms. The van der Waals surface area contributed by atoms with Gasteiger partial charge in [-0.2, -0.15) is 0 Å². The lowest BCUT2D eigenvalue weighted by atomic mass is 10.1. The van der Waals surface area contributed by atoms with Crippen LogP contribution < -0.4 is 21.2 Å². The van der Waals surface area contributed by atoms with E-state index >= 15 is 0 Å². The number of amidine groups is 1. The van der Waals surface area contributed by atoms with Gasteiger partial charge in [-0.15, -0.1) is 0 Å². The number of amides is 2. The number of nitrogen functional groups attached to an aromatic ring is 1. The topological polar surface area (TPSA) is 165 Å². The van der Waals surface area contributed by atoms with E-state index in [0.717, 1.165) is 31.5 Å². The van der Waals surface area contributed by atoms with Crippen molar-refractivity contribution in [3.63, 3.8) is 0 Å². The van der Waals surface area contributed by atoms with Crippen LogP contribution in [0.15, 0.2) is 42.5 Å². The summed E-state index contributed by atoms with van der Waals surface area (Å²) < 4.78 is 34.1. The fourth-order valence-electron chi connectivity index (χ4n) is 4.00. The molecule has 0 aromatic heterocycles. The molecule has 1 saturated heterocycles. The Hall–Kier alpha value is -3.28. The van der Waals surface area contributed by atoms with Gasteiger partial charge in [0.15, 0.2) is 0 Å². The van der Waals surface area contributed by atoms with Crippen molar-refractivity contribution in [3.8, 4) is 5.75 Å². The van der Waals surface area contributed by atoms with Gasteiger partial charge in [-0.3, -0.25) is 34.0 Å². The number of ether oxygens (including phenoxy) is 1. The molecule has 40 heavy (non-hydrogen) atoms. The van der Waals surface area contributed by atoms with E-state index in [1.807, 2.05) is 5.01 Å². The normalized spacial score (nSPS) is 13.7. The lowest BCUT2D eigenvalue weighted by molar-refractivity contribution is 0.0824. The van der Waals surface area contributed by atoms with Gasteiger partial charge in [0.1, 0.15) is 18.2 Å². The second kappa shape index (κ2) is 15.5. The van der Waals surface area contributed by atoms with E-state index in [-0.39, 0.29) is 50.6 Å². The number of phosphoric ester groups is 1. The molecule has 0 bridgehead atoms. The predicted molar refractivity (Wildman–Crippen MR) is 151 cm³/mol. The third kappa shape index (κ3) is 9.42. The zero-order chi connectivity index (χ0) is 29.0. The number of rotatable bonds is 16. The Morgan fingerprint density at radius 1 is 0.925 bits per heavy atom. The highest BCUT2D eigenvalue weighted by Gasteiger charge is 2.25. The molecule has 0 atom stereocenters. The molecule has 1 fully saturated rings. The minimum absolute atomic E-state index is 0.0514. The van der Waals surface area contributed by atoms with Crippen LogP contribution >= 0.6 is 7.82 Å². The molecule has 2 amide bonds. The summed E-state index contributed by atoms with van der Waals surface area (Å²) in [6.07, 6.45) is 2.46. The molecule has 12 nitrogen and oxygen atoms in total. The van der Waals surface area contributed by atoms with Crippen LogP contribution in [0.4, 0.5) is 0 Å². The van der Waals surface area contributed by atoms with Gasteiger partial charge >= 0.3 is 7.82 Å². The summed E-state index contributed by atoms with van der Waals surface area (Å²) >= 11 is 0. The highest BCUT2D eigenvalue weighted by Crippen LogP contribution is 2.49. The van der Waals surface area contributed by atoms with Crippen molar-refractivity contribution < 1.29 is 32.5 Å². The van der Waals surface area contributed by atoms with Crippen molar-refractivity contribution in [2.45, 2.75) is 33.1 Å². The summed E-state index contributed by atoms with van der Waals surface area (Å²) in [4.78, 5) is 25.0. The second-order valence-electron chi connectivity index (χ2n) is 8.92. The summed E-state index contributed by atoms with van der Waals surface area (Å²) in [5.74, 6) is -0.157. The summed E-state index contributed by atoms with van der Waals surface area (Å²) in [7, 11) is -3.65. The zero-order valence-corrected chi connectivity index (χ0v) is 23.8. The van der Waals surface area contributed by atoms with Crippen molar-refractivity contribution in [1.29, 1.82) is 5.41 Å². The van der Waals surface area contributed by atoms with E-state index < -0.39 is 7.82 Å². The van der Waals surface area contributed by atoms with Crippen LogP contribution in [-0.2, 0) is 24.6 Å². The number of benzene rings is 2. The standard InChI is InChI=1S/C27H38N5O7P/c1-3-37-40(35,38-4-2)39-17-13-20-7-12-23(25(28)29)19-24(20)36-18-14-30-26(33)21-8-10-22(11-9-21)27(34)31-32-15-5-6-16-32/h7-12,19H,3-6,13-18H2,1-2H3,(H3,28,29)(H,30,33)(H,31,34). The highest BCUT2D eigenvalue weighted by molar-refractivity contribution is 7.48. The highest BCUT2D eigenvalue weighted by atomic mass is 31.2. The molecule has 1 aliphatic heterocycles. The van der Waals surface area contributed by atoms with E-state index in [1.165, 1.54) is 0 Å². The number of hydrazine groups is 1. The minimum atomic E-state index is -3.65. The Morgan fingerprint density at radius 3 is 2.12 bits per heavy atom. The first kappa shape index (κ1) is 31.3. The predicted octanol–water partition coefficient (Wildman–Crippen LogP) is 3.26. The van der Waals surface area contributed by atoms with Crippen LogP contribution in [0.2, 0.25) is 0 Å². The van der Waals surface area contributed by atoms with Gasteiger partial charge in [0.2, 0.25) is 0 Å². The van der Waals surface area contributed by atoms with Gasteiger partial charge in [0, 0.05) is 36.2 Å². The third-order valence-corrected chi connectivity index (χ3v) is 7.64. The SMILES string of the molecule is CCOP(=O)(OCC)OCCc1ccc(C(=N)N)cc1OCCNC(=O)c1ccc(C(=O)NN2CCCC2)cc1. The van der Waals surface area contributed by atoms with E-state index in [9.17, 15) is 14.2 Å². The van der Waals surface area contributed by atoms with E-state index in [0.29, 0.717) is 28.9 Å². The van der Waals surface area contributed by atoms with Crippen molar-refractivity contribution in [3.05, 3.63) is 64.7 Å². The Labute approximate surface area is 234 Å². The number of nitrogens with two attached hydrogens (primary N) is 1. The molecule has 3 rings (SSSR count). The summed E-state index contributed by atoms with van der Waals surface area (Å²) in [5.41, 5.74) is 10.6. The molecule has 0 saturated carbocycles. The molecule has 218 valence electrons. The Balaban J connectivity index is 1.52. The smallest absolute Gasteiger partial charge is 0.474 e. The molecule has 0 spiro atoms. The van der Waals surface area contributed by atoms with Crippen LogP contribution in [0.1, 0.15) is 58.5 Å². The Morgan fingerprint density at radius 2 is 1.52 bits per heavy atom. The van der Waals surface area contributed by atoms with Gasteiger partial charge in [-0.05, 0) is 62.6 Å². The van der Waals surface area contributed by atoms with Gasteiger partial charge < -0.3 is 15.8 Å². The first-order chi connectivity index (χ1) is 19.2. The molecular weight excluding hydrogens is 537 g/mol. The number of phosphoric acid groups is 1. The molecule has 5 N–H and O–H groups in total. The van der Waals surface area contributed by atoms with Gasteiger partial charge in [-0.1, -0.05) is 12.1 Å². The monoisotopic (exact) mass is 575 g/mol. The van der Waals surface area contributed by atoms with E-state index in [4.69, 9.17) is 29.5 Å². The largest absolute Gasteiger partial charge is 0.491 e. The Kier molecular flexibility index (Phi) is 12.1. The van der Waals surface area contributed by atoms with Crippen LogP contribution in [0.25, 0.3) is 0 Å². The van der Waals surface area contributed by atoms with Crippen molar-refractivity contribution in [1.82, 2.24) is 15.8 Å². The number of nitrogens with zero attached hydrogens (tertiary/aromatic N) is 1. The second-order valence-corrected chi connectivity index (χ2v) is 10.6. The van der Waals surface area contributed by atoms with Gasteiger partial charge in [0.25, 0.3) is 11.8 Å². The van der Waals surface area contributed by atoms with Crippen LogP contribution in [0, 0.1) is 5.41 Å². The quantitative estimate of drug-likeness (QED) is 0.102. The zero-order valence-electron chi connectivity index (χ0n) is 22.9. The number of hydrogen-bond acceptors (Lipinski definition) is 9. The first-order valence-corrected chi connectivity index (χ1v) is 14.8. The molecule has 0 unspecified atom stereocenters. The average molecular weight is 576 g/mol. The third-order valence-electron chi connectivity index (χ3n) is 5.99.